The van der Waals surface area contributed by atoms with E-state index in [0.717, 1.165) is 11.3 Å². The van der Waals surface area contributed by atoms with Gasteiger partial charge in [-0.25, -0.2) is 8.42 Å². The van der Waals surface area contributed by atoms with Gasteiger partial charge in [0.15, 0.2) is 5.96 Å². The van der Waals surface area contributed by atoms with Crippen molar-refractivity contribution in [3.8, 4) is 5.75 Å². The lowest BCUT2D eigenvalue weighted by Crippen LogP contribution is -2.44. The minimum absolute atomic E-state index is 0. The Morgan fingerprint density at radius 2 is 2.08 bits per heavy atom. The van der Waals surface area contributed by atoms with E-state index >= 15 is 0 Å². The van der Waals surface area contributed by atoms with Crippen LogP contribution in [0.15, 0.2) is 29.3 Å². The number of hydrogen-bond donors (Lipinski definition) is 2. The molecule has 0 aliphatic heterocycles. The Morgan fingerprint density at radius 3 is 2.67 bits per heavy atom. The van der Waals surface area contributed by atoms with E-state index < -0.39 is 9.84 Å². The van der Waals surface area contributed by atoms with Crippen LogP contribution in [0, 0.1) is 6.92 Å². The van der Waals surface area contributed by atoms with E-state index in [0.29, 0.717) is 25.5 Å². The molecule has 0 saturated carbocycles. The Balaban J connectivity index is 0.00000529. The lowest BCUT2D eigenvalue weighted by molar-refractivity contribution is 0.321. The van der Waals surface area contributed by atoms with Gasteiger partial charge in [-0.2, -0.15) is 0 Å². The van der Waals surface area contributed by atoms with E-state index in [1.165, 1.54) is 6.26 Å². The van der Waals surface area contributed by atoms with Crippen molar-refractivity contribution < 1.29 is 13.2 Å². The third-order valence-corrected chi connectivity index (χ3v) is 4.16. The molecular weight excluding hydrogens is 441 g/mol. The van der Waals surface area contributed by atoms with Crippen molar-refractivity contribution in [2.24, 2.45) is 4.99 Å². The Bertz CT molecular complexity index is 621. The molecule has 0 bridgehead atoms. The second-order valence-electron chi connectivity index (χ2n) is 5.63. The monoisotopic (exact) mass is 469 g/mol. The van der Waals surface area contributed by atoms with Crippen molar-refractivity contribution in [2.75, 3.05) is 32.2 Å². The second kappa shape index (κ2) is 11.5. The highest BCUT2D eigenvalue weighted by Crippen LogP contribution is 2.11. The van der Waals surface area contributed by atoms with E-state index in [1.54, 1.807) is 7.05 Å². The van der Waals surface area contributed by atoms with Crippen LogP contribution in [0.4, 0.5) is 0 Å². The van der Waals surface area contributed by atoms with Crippen LogP contribution in [-0.2, 0) is 9.84 Å². The van der Waals surface area contributed by atoms with E-state index in [-0.39, 0.29) is 35.8 Å². The molecule has 0 aliphatic carbocycles. The second-order valence-corrected chi connectivity index (χ2v) is 7.89. The number of aliphatic imine (C=N–C) groups is 1. The number of sulfone groups is 1. The summed E-state index contributed by atoms with van der Waals surface area (Å²) >= 11 is 0. The van der Waals surface area contributed by atoms with Gasteiger partial charge in [0.1, 0.15) is 22.2 Å². The van der Waals surface area contributed by atoms with Gasteiger partial charge in [-0.3, -0.25) is 4.99 Å². The zero-order valence-electron chi connectivity index (χ0n) is 14.7. The first-order valence-electron chi connectivity index (χ1n) is 7.64. The molecule has 1 unspecified atom stereocenters. The van der Waals surface area contributed by atoms with Gasteiger partial charge >= 0.3 is 0 Å². The third-order valence-electron chi connectivity index (χ3n) is 3.18. The summed E-state index contributed by atoms with van der Waals surface area (Å²) in [5.74, 6) is 1.64. The fourth-order valence-corrected chi connectivity index (χ4v) is 2.72. The lowest BCUT2D eigenvalue weighted by atomic mass is 10.2. The summed E-state index contributed by atoms with van der Waals surface area (Å²) in [4.78, 5) is 4.12. The maximum absolute atomic E-state index is 11.2. The molecule has 2 N–H and O–H groups in total. The maximum atomic E-state index is 11.2. The highest BCUT2D eigenvalue weighted by molar-refractivity contribution is 14.0. The largest absolute Gasteiger partial charge is 0.492 e. The summed E-state index contributed by atoms with van der Waals surface area (Å²) in [6.45, 7) is 5.07. The average Bonchev–Trinajstić information content (AvgIpc) is 2.47. The summed E-state index contributed by atoms with van der Waals surface area (Å²) < 4.78 is 28.0. The number of halogens is 1. The van der Waals surface area contributed by atoms with Gasteiger partial charge in [-0.1, -0.05) is 12.1 Å². The van der Waals surface area contributed by atoms with Crippen molar-refractivity contribution in [1.82, 2.24) is 10.6 Å². The molecule has 0 aromatic heterocycles. The first-order chi connectivity index (χ1) is 10.8. The van der Waals surface area contributed by atoms with Crippen LogP contribution >= 0.6 is 24.0 Å². The van der Waals surface area contributed by atoms with E-state index in [1.807, 2.05) is 38.1 Å². The molecular formula is C16H28IN3O3S. The Morgan fingerprint density at radius 1 is 1.38 bits per heavy atom. The molecule has 6 nitrogen and oxygen atoms in total. The van der Waals surface area contributed by atoms with Gasteiger partial charge in [0, 0.05) is 19.3 Å². The molecule has 0 spiro atoms. The van der Waals surface area contributed by atoms with Crippen molar-refractivity contribution in [3.05, 3.63) is 29.8 Å². The SMILES string of the molecule is CN=C(NCCOc1cccc(C)c1)NC(C)CCS(C)(=O)=O.I. The number of ether oxygens (including phenoxy) is 1. The predicted molar refractivity (Wildman–Crippen MR) is 110 cm³/mol. The zero-order valence-corrected chi connectivity index (χ0v) is 17.9. The quantitative estimate of drug-likeness (QED) is 0.264. The van der Waals surface area contributed by atoms with Crippen molar-refractivity contribution >= 4 is 39.8 Å². The minimum Gasteiger partial charge on any atom is -0.492 e. The molecule has 1 rings (SSSR count). The average molecular weight is 469 g/mol. The first-order valence-corrected chi connectivity index (χ1v) is 9.70. The zero-order chi connectivity index (χ0) is 17.3. The molecule has 1 aromatic carbocycles. The van der Waals surface area contributed by atoms with E-state index in [9.17, 15) is 8.42 Å². The van der Waals surface area contributed by atoms with Crippen molar-refractivity contribution in [1.29, 1.82) is 0 Å². The Kier molecular flexibility index (Phi) is 11.0. The fourth-order valence-electron chi connectivity index (χ4n) is 1.93. The maximum Gasteiger partial charge on any atom is 0.191 e. The third kappa shape index (κ3) is 10.7. The first kappa shape index (κ1) is 23.0. The molecule has 0 fully saturated rings. The Hall–Kier alpha value is -1.03. The number of guanidine groups is 1. The highest BCUT2D eigenvalue weighted by Gasteiger charge is 2.09. The molecule has 1 atom stereocenters. The van der Waals surface area contributed by atoms with Crippen LogP contribution in [0.3, 0.4) is 0 Å². The van der Waals surface area contributed by atoms with Gasteiger partial charge in [0.05, 0.1) is 12.3 Å². The van der Waals surface area contributed by atoms with E-state index in [2.05, 4.69) is 15.6 Å². The van der Waals surface area contributed by atoms with Crippen LogP contribution in [0.25, 0.3) is 0 Å². The van der Waals surface area contributed by atoms with Gasteiger partial charge in [-0.15, -0.1) is 24.0 Å². The van der Waals surface area contributed by atoms with Gasteiger partial charge in [0.2, 0.25) is 0 Å². The minimum atomic E-state index is -2.94. The van der Waals surface area contributed by atoms with Crippen LogP contribution in [0.5, 0.6) is 5.75 Å². The van der Waals surface area contributed by atoms with Crippen LogP contribution < -0.4 is 15.4 Å². The normalized spacial score (nSPS) is 12.9. The molecule has 1 aromatic rings. The molecule has 0 aliphatic rings. The smallest absolute Gasteiger partial charge is 0.191 e. The number of aryl methyl sites for hydroxylation is 1. The number of nitrogens with one attached hydrogen (secondary N) is 2. The molecule has 0 heterocycles. The van der Waals surface area contributed by atoms with Gasteiger partial charge in [-0.05, 0) is 38.0 Å². The number of nitrogens with zero attached hydrogens (tertiary/aromatic N) is 1. The molecule has 8 heteroatoms. The number of rotatable bonds is 8. The van der Waals surface area contributed by atoms with Gasteiger partial charge < -0.3 is 15.4 Å². The predicted octanol–water partition coefficient (Wildman–Crippen LogP) is 1.98. The van der Waals surface area contributed by atoms with Crippen molar-refractivity contribution in [2.45, 2.75) is 26.3 Å². The standard InChI is InChI=1S/C16H27N3O3S.HI/c1-13-6-5-7-15(12-13)22-10-9-18-16(17-3)19-14(2)8-11-23(4,20)21;/h5-7,12,14H,8-11H2,1-4H3,(H2,17,18,19);1H. The number of hydrogen-bond acceptors (Lipinski definition) is 4. The van der Waals surface area contributed by atoms with E-state index in [4.69, 9.17) is 4.74 Å². The molecule has 0 amide bonds. The number of benzene rings is 1. The summed E-state index contributed by atoms with van der Waals surface area (Å²) in [5, 5.41) is 6.31. The molecule has 0 saturated heterocycles. The highest BCUT2D eigenvalue weighted by atomic mass is 127. The van der Waals surface area contributed by atoms with Crippen LogP contribution in [0.2, 0.25) is 0 Å². The van der Waals surface area contributed by atoms with Crippen molar-refractivity contribution in [3.63, 3.8) is 0 Å². The summed E-state index contributed by atoms with van der Waals surface area (Å²) in [6.07, 6.45) is 1.79. The summed E-state index contributed by atoms with van der Waals surface area (Å²) in [6, 6.07) is 7.92. The topological polar surface area (TPSA) is 79.8 Å². The molecule has 138 valence electrons. The lowest BCUT2D eigenvalue weighted by Gasteiger charge is -2.17. The van der Waals surface area contributed by atoms with Gasteiger partial charge in [0.25, 0.3) is 0 Å². The Labute approximate surface area is 162 Å². The van der Waals surface area contributed by atoms with Crippen LogP contribution in [-0.4, -0.2) is 52.6 Å². The summed E-state index contributed by atoms with van der Waals surface area (Å²) in [5.41, 5.74) is 1.16. The van der Waals surface area contributed by atoms with Crippen LogP contribution in [0.1, 0.15) is 18.9 Å². The summed E-state index contributed by atoms with van der Waals surface area (Å²) in [7, 11) is -1.26. The molecule has 0 radical (unpaired) electrons. The molecule has 24 heavy (non-hydrogen) atoms. The fraction of sp³-hybridized carbons (Fsp3) is 0.562.